The third kappa shape index (κ3) is 8.73. The molecule has 0 bridgehead atoms. The molecule has 0 unspecified atom stereocenters. The first-order valence-corrected chi connectivity index (χ1v) is 2.92. The van der Waals surface area contributed by atoms with E-state index in [-0.39, 0.29) is 0 Å². The first-order valence-electron chi connectivity index (χ1n) is 2.92. The molecule has 7 heteroatoms. The Morgan fingerprint density at radius 2 is 1.92 bits per heavy atom. The Bertz CT molecular complexity index is 212. The third-order valence-corrected chi connectivity index (χ3v) is 0.713. The highest BCUT2D eigenvalue weighted by molar-refractivity contribution is 6.50. The van der Waals surface area contributed by atoms with Gasteiger partial charge in [-0.05, 0) is 6.08 Å². The van der Waals surface area contributed by atoms with E-state index in [0.29, 0.717) is 0 Å². The molecule has 0 radical (unpaired) electrons. The number of hydrogen-bond donors (Lipinski definition) is 1. The molecule has 1 aromatic rings. The molecule has 0 saturated heterocycles. The summed E-state index contributed by atoms with van der Waals surface area (Å²) in [7, 11) is -6.00. The summed E-state index contributed by atoms with van der Waals surface area (Å²) in [5.41, 5.74) is 0. The number of nitrogens with zero attached hydrogens (tertiary/aromatic N) is 1. The van der Waals surface area contributed by atoms with Crippen molar-refractivity contribution in [1.29, 1.82) is 0 Å². The molecule has 0 amide bonds. The summed E-state index contributed by atoms with van der Waals surface area (Å²) >= 11 is 0. The van der Waals surface area contributed by atoms with Gasteiger partial charge in [-0.1, -0.05) is 6.58 Å². The van der Waals surface area contributed by atoms with Gasteiger partial charge in [0, 0.05) is 12.4 Å². The Labute approximate surface area is 66.4 Å². The van der Waals surface area contributed by atoms with Gasteiger partial charge in [-0.3, -0.25) is 0 Å². The SMILES string of the molecule is C=Cc1ncc[nH]1.F[B-](F)(F)F. The summed E-state index contributed by atoms with van der Waals surface area (Å²) in [5, 5.41) is 0. The molecule has 0 spiro atoms. The molecule has 0 aliphatic carbocycles. The monoisotopic (exact) mass is 181 g/mol. The van der Waals surface area contributed by atoms with E-state index in [9.17, 15) is 17.3 Å². The zero-order valence-corrected chi connectivity index (χ0v) is 5.98. The first kappa shape index (κ1) is 10.7. The van der Waals surface area contributed by atoms with Crippen molar-refractivity contribution in [2.75, 3.05) is 0 Å². The van der Waals surface area contributed by atoms with Gasteiger partial charge in [-0.15, -0.1) is 0 Å². The summed E-state index contributed by atoms with van der Waals surface area (Å²) in [5.74, 6) is 0.819. The van der Waals surface area contributed by atoms with Crippen LogP contribution < -0.4 is 0 Å². The Morgan fingerprint density at radius 3 is 2.08 bits per heavy atom. The molecule has 0 aliphatic rings. The first-order chi connectivity index (χ1) is 5.43. The summed E-state index contributed by atoms with van der Waals surface area (Å²) in [4.78, 5) is 6.72. The molecule has 0 aliphatic heterocycles. The quantitative estimate of drug-likeness (QED) is 0.522. The topological polar surface area (TPSA) is 28.7 Å². The van der Waals surface area contributed by atoms with Crippen molar-refractivity contribution in [1.82, 2.24) is 9.97 Å². The van der Waals surface area contributed by atoms with Gasteiger partial charge >= 0.3 is 7.25 Å². The highest BCUT2D eigenvalue weighted by Gasteiger charge is 2.20. The van der Waals surface area contributed by atoms with E-state index in [0.717, 1.165) is 5.82 Å². The molecule has 0 saturated carbocycles. The second kappa shape index (κ2) is 4.58. The number of imidazole rings is 1. The number of H-pyrrole nitrogens is 1. The molecule has 1 rings (SSSR count). The molecule has 0 fully saturated rings. The van der Waals surface area contributed by atoms with E-state index in [1.807, 2.05) is 0 Å². The van der Waals surface area contributed by atoms with Crippen LogP contribution in [0.5, 0.6) is 0 Å². The van der Waals surface area contributed by atoms with E-state index < -0.39 is 7.25 Å². The van der Waals surface area contributed by atoms with E-state index in [2.05, 4.69) is 16.5 Å². The lowest BCUT2D eigenvalue weighted by Crippen LogP contribution is -2.02. The van der Waals surface area contributed by atoms with Crippen LogP contribution in [-0.4, -0.2) is 17.2 Å². The minimum absolute atomic E-state index is 0.819. The summed E-state index contributed by atoms with van der Waals surface area (Å²) in [6.45, 7) is 3.51. The molecule has 0 aromatic carbocycles. The number of aromatic nitrogens is 2. The highest BCUT2D eigenvalue weighted by Crippen LogP contribution is 2.06. The van der Waals surface area contributed by atoms with Crippen molar-refractivity contribution in [2.24, 2.45) is 0 Å². The lowest BCUT2D eigenvalue weighted by Gasteiger charge is -1.94. The van der Waals surface area contributed by atoms with Gasteiger partial charge in [0.1, 0.15) is 5.82 Å². The van der Waals surface area contributed by atoms with Gasteiger partial charge in [0.05, 0.1) is 0 Å². The van der Waals surface area contributed by atoms with Crippen LogP contribution >= 0.6 is 0 Å². The second-order valence-electron chi connectivity index (χ2n) is 1.67. The van der Waals surface area contributed by atoms with Crippen molar-refractivity contribution in [2.45, 2.75) is 0 Å². The predicted molar refractivity (Wildman–Crippen MR) is 38.9 cm³/mol. The van der Waals surface area contributed by atoms with Gasteiger partial charge in [-0.25, -0.2) is 4.98 Å². The molecule has 1 N–H and O–H groups in total. The number of nitrogens with one attached hydrogen (secondary N) is 1. The highest BCUT2D eigenvalue weighted by atomic mass is 19.5. The van der Waals surface area contributed by atoms with Crippen LogP contribution in [0.25, 0.3) is 6.08 Å². The molecule has 0 atom stereocenters. The summed E-state index contributed by atoms with van der Waals surface area (Å²) in [6, 6.07) is 0. The Kier molecular flexibility index (Phi) is 4.10. The maximum atomic E-state index is 9.75. The van der Waals surface area contributed by atoms with Crippen LogP contribution in [0.15, 0.2) is 19.0 Å². The average Bonchev–Trinajstić information content (AvgIpc) is 2.33. The number of halogens is 4. The van der Waals surface area contributed by atoms with Gasteiger partial charge in [0.2, 0.25) is 0 Å². The number of rotatable bonds is 1. The third-order valence-electron chi connectivity index (χ3n) is 0.713. The van der Waals surface area contributed by atoms with Crippen LogP contribution in [-0.2, 0) is 0 Å². The molecule has 2 nitrogen and oxygen atoms in total. The zero-order chi connectivity index (χ0) is 9.61. The van der Waals surface area contributed by atoms with Gasteiger partial charge in [0.25, 0.3) is 0 Å². The predicted octanol–water partition coefficient (Wildman–Crippen LogP) is 2.35. The second-order valence-corrected chi connectivity index (χ2v) is 1.67. The minimum atomic E-state index is -6.00. The van der Waals surface area contributed by atoms with Gasteiger partial charge < -0.3 is 22.2 Å². The standard InChI is InChI=1S/C5H6N2.BF4/c1-2-5-6-3-4-7-5;2-1(3,4)5/h2-4H,1H2,(H,6,7);/q;-1. The molecular weight excluding hydrogens is 175 g/mol. The van der Waals surface area contributed by atoms with Crippen molar-refractivity contribution >= 4 is 13.3 Å². The van der Waals surface area contributed by atoms with E-state index >= 15 is 0 Å². The van der Waals surface area contributed by atoms with Crippen LogP contribution in [0, 0.1) is 0 Å². The maximum Gasteiger partial charge on any atom is 0.673 e. The Morgan fingerprint density at radius 1 is 1.42 bits per heavy atom. The summed E-state index contributed by atoms with van der Waals surface area (Å²) < 4.78 is 39.0. The Balaban J connectivity index is 0.000000217. The smallest absolute Gasteiger partial charge is 0.418 e. The fourth-order valence-electron chi connectivity index (χ4n) is 0.389. The zero-order valence-electron chi connectivity index (χ0n) is 5.98. The van der Waals surface area contributed by atoms with Crippen molar-refractivity contribution in [3.05, 3.63) is 24.8 Å². The molecule has 12 heavy (non-hydrogen) atoms. The van der Waals surface area contributed by atoms with E-state index in [4.69, 9.17) is 0 Å². The maximum absolute atomic E-state index is 9.75. The van der Waals surface area contributed by atoms with Crippen molar-refractivity contribution in [3.8, 4) is 0 Å². The normalized spacial score (nSPS) is 10.0. The van der Waals surface area contributed by atoms with Crippen molar-refractivity contribution in [3.63, 3.8) is 0 Å². The van der Waals surface area contributed by atoms with Crippen LogP contribution in [0.3, 0.4) is 0 Å². The molecule has 68 valence electrons. The van der Waals surface area contributed by atoms with Crippen LogP contribution in [0.2, 0.25) is 0 Å². The van der Waals surface area contributed by atoms with Crippen LogP contribution in [0.1, 0.15) is 5.82 Å². The Hall–Kier alpha value is -1.27. The molecule has 1 heterocycles. The fraction of sp³-hybridized carbons (Fsp3) is 0. The van der Waals surface area contributed by atoms with Gasteiger partial charge in [-0.2, -0.15) is 0 Å². The summed E-state index contributed by atoms with van der Waals surface area (Å²) in [6.07, 6.45) is 5.12. The van der Waals surface area contributed by atoms with Crippen molar-refractivity contribution < 1.29 is 17.3 Å². The number of aromatic amines is 1. The van der Waals surface area contributed by atoms with Gasteiger partial charge in [0.15, 0.2) is 0 Å². The minimum Gasteiger partial charge on any atom is -0.418 e. The van der Waals surface area contributed by atoms with E-state index in [1.54, 1.807) is 18.5 Å². The lowest BCUT2D eigenvalue weighted by molar-refractivity contribution is 0.368. The fourth-order valence-corrected chi connectivity index (χ4v) is 0.389. The molecule has 1 aromatic heterocycles. The largest absolute Gasteiger partial charge is 0.673 e. The number of hydrogen-bond acceptors (Lipinski definition) is 1. The lowest BCUT2D eigenvalue weighted by atomic mass is 10.3. The van der Waals surface area contributed by atoms with Crippen LogP contribution in [0.4, 0.5) is 17.3 Å². The molecular formula is C5H6BF4N2-. The average molecular weight is 181 g/mol. The van der Waals surface area contributed by atoms with E-state index in [1.165, 1.54) is 0 Å².